The molecule has 0 amide bonds. The van der Waals surface area contributed by atoms with E-state index in [9.17, 15) is 13.2 Å². The minimum atomic E-state index is -4.32. The minimum Gasteiger partial charge on any atom is -0.364 e. The Morgan fingerprint density at radius 2 is 2.18 bits per heavy atom. The monoisotopic (exact) mass is 245 g/mol. The van der Waals surface area contributed by atoms with E-state index < -0.39 is 12.8 Å². The summed E-state index contributed by atoms with van der Waals surface area (Å²) in [5, 5.41) is 0. The fourth-order valence-corrected chi connectivity index (χ4v) is 1.39. The fourth-order valence-electron chi connectivity index (χ4n) is 1.39. The number of nitrogens with zero attached hydrogens (tertiary/aromatic N) is 2. The van der Waals surface area contributed by atoms with E-state index in [0.29, 0.717) is 17.0 Å². The van der Waals surface area contributed by atoms with Crippen molar-refractivity contribution in [3.8, 4) is 0 Å². The third-order valence-electron chi connectivity index (χ3n) is 2.03. The van der Waals surface area contributed by atoms with Crippen LogP contribution in [0.15, 0.2) is 12.3 Å². The molecule has 0 fully saturated rings. The van der Waals surface area contributed by atoms with Crippen LogP contribution >= 0.6 is 0 Å². The van der Waals surface area contributed by atoms with Crippen LogP contribution in [0.5, 0.6) is 0 Å². The molecule has 4 nitrogen and oxygen atoms in total. The molecule has 0 unspecified atom stereocenters. The van der Waals surface area contributed by atoms with E-state index in [1.54, 1.807) is 6.20 Å². The highest BCUT2D eigenvalue weighted by atomic mass is 19.4. The van der Waals surface area contributed by atoms with Crippen LogP contribution in [0.2, 0.25) is 0 Å². The molecule has 2 aromatic rings. The predicted molar refractivity (Wildman–Crippen MR) is 54.3 cm³/mol. The number of aromatic nitrogens is 3. The number of pyridine rings is 1. The summed E-state index contributed by atoms with van der Waals surface area (Å²) in [6.07, 6.45) is -2.68. The Bertz CT molecular complexity index is 521. The van der Waals surface area contributed by atoms with Crippen molar-refractivity contribution in [3.05, 3.63) is 23.7 Å². The van der Waals surface area contributed by atoms with Crippen molar-refractivity contribution in [1.82, 2.24) is 15.0 Å². The number of rotatable bonds is 3. The molecular weight excluding hydrogens is 235 g/mol. The van der Waals surface area contributed by atoms with Gasteiger partial charge in [0, 0.05) is 6.20 Å². The summed E-state index contributed by atoms with van der Waals surface area (Å²) in [6, 6.07) is 1.82. The topological polar surface area (TPSA) is 50.8 Å². The molecule has 0 aromatic carbocycles. The first kappa shape index (κ1) is 11.8. The predicted octanol–water partition coefficient (Wildman–Crippen LogP) is 2.35. The molecule has 7 heteroatoms. The molecule has 92 valence electrons. The van der Waals surface area contributed by atoms with Gasteiger partial charge in [0.1, 0.15) is 19.0 Å². The highest BCUT2D eigenvalue weighted by Crippen LogP contribution is 2.16. The van der Waals surface area contributed by atoms with Gasteiger partial charge < -0.3 is 9.72 Å². The normalized spacial score (nSPS) is 12.2. The summed E-state index contributed by atoms with van der Waals surface area (Å²) >= 11 is 0. The van der Waals surface area contributed by atoms with E-state index in [-0.39, 0.29) is 6.61 Å². The van der Waals surface area contributed by atoms with Gasteiger partial charge in [0.2, 0.25) is 0 Å². The lowest BCUT2D eigenvalue weighted by Gasteiger charge is -2.05. The Morgan fingerprint density at radius 3 is 2.88 bits per heavy atom. The van der Waals surface area contributed by atoms with Crippen LogP contribution in [0.4, 0.5) is 13.2 Å². The highest BCUT2D eigenvalue weighted by molar-refractivity contribution is 5.70. The van der Waals surface area contributed by atoms with Crippen LogP contribution in [0.25, 0.3) is 11.2 Å². The molecule has 0 saturated heterocycles. The Hall–Kier alpha value is -1.63. The molecule has 0 aliphatic rings. The molecule has 1 N–H and O–H groups in total. The lowest BCUT2D eigenvalue weighted by molar-refractivity contribution is -0.177. The van der Waals surface area contributed by atoms with Gasteiger partial charge in [-0.2, -0.15) is 13.2 Å². The van der Waals surface area contributed by atoms with E-state index in [1.807, 2.05) is 13.0 Å². The summed E-state index contributed by atoms with van der Waals surface area (Å²) < 4.78 is 40.0. The Kier molecular flexibility index (Phi) is 3.01. The van der Waals surface area contributed by atoms with Gasteiger partial charge >= 0.3 is 6.18 Å². The molecule has 0 saturated carbocycles. The molecule has 2 aromatic heterocycles. The molecular formula is C10H10F3N3O. The Morgan fingerprint density at radius 1 is 1.41 bits per heavy atom. The number of nitrogens with one attached hydrogen (secondary N) is 1. The number of hydrogen-bond donors (Lipinski definition) is 1. The number of imidazole rings is 1. The van der Waals surface area contributed by atoms with Gasteiger partial charge in [-0.1, -0.05) is 0 Å². The third kappa shape index (κ3) is 3.16. The number of aryl methyl sites for hydroxylation is 1. The van der Waals surface area contributed by atoms with Crippen LogP contribution in [0, 0.1) is 6.92 Å². The number of fused-ring (bicyclic) bond motifs is 1. The molecule has 0 aliphatic heterocycles. The maximum atomic E-state index is 11.8. The van der Waals surface area contributed by atoms with Crippen LogP contribution in [-0.4, -0.2) is 27.7 Å². The second-order valence-electron chi connectivity index (χ2n) is 3.68. The Labute approximate surface area is 94.8 Å². The molecule has 0 atom stereocenters. The van der Waals surface area contributed by atoms with Crippen molar-refractivity contribution < 1.29 is 17.9 Å². The van der Waals surface area contributed by atoms with Crippen molar-refractivity contribution in [2.24, 2.45) is 0 Å². The molecule has 17 heavy (non-hydrogen) atoms. The van der Waals surface area contributed by atoms with E-state index >= 15 is 0 Å². The number of hydrogen-bond acceptors (Lipinski definition) is 3. The van der Waals surface area contributed by atoms with Gasteiger partial charge in [0.15, 0.2) is 5.65 Å². The quantitative estimate of drug-likeness (QED) is 0.902. The number of alkyl halides is 3. The van der Waals surface area contributed by atoms with Crippen molar-refractivity contribution in [1.29, 1.82) is 0 Å². The SMILES string of the molecule is Cc1cnc2nc(COCC(F)(F)F)[nH]c2c1. The van der Waals surface area contributed by atoms with E-state index in [4.69, 9.17) is 0 Å². The average Bonchev–Trinajstić information content (AvgIpc) is 2.57. The van der Waals surface area contributed by atoms with Gasteiger partial charge in [0.05, 0.1) is 5.52 Å². The zero-order valence-electron chi connectivity index (χ0n) is 9.01. The molecule has 0 radical (unpaired) electrons. The minimum absolute atomic E-state index is 0.213. The summed E-state index contributed by atoms with van der Waals surface area (Å²) in [5.74, 6) is 0.336. The van der Waals surface area contributed by atoms with Gasteiger partial charge in [-0.15, -0.1) is 0 Å². The van der Waals surface area contributed by atoms with Crippen LogP contribution in [0.3, 0.4) is 0 Å². The van der Waals surface area contributed by atoms with Crippen molar-refractivity contribution in [2.45, 2.75) is 19.7 Å². The maximum absolute atomic E-state index is 11.8. The average molecular weight is 245 g/mol. The largest absolute Gasteiger partial charge is 0.411 e. The standard InChI is InChI=1S/C10H10F3N3O/c1-6-2-7-9(14-3-6)16-8(15-7)4-17-5-10(11,12)13/h2-3H,4-5H2,1H3,(H,14,15,16). The second-order valence-corrected chi connectivity index (χ2v) is 3.68. The lowest BCUT2D eigenvalue weighted by atomic mass is 10.3. The summed E-state index contributed by atoms with van der Waals surface area (Å²) in [6.45, 7) is 0.374. The molecule has 2 heterocycles. The summed E-state index contributed by atoms with van der Waals surface area (Å²) in [7, 11) is 0. The van der Waals surface area contributed by atoms with E-state index in [2.05, 4.69) is 19.7 Å². The summed E-state index contributed by atoms with van der Waals surface area (Å²) in [5.41, 5.74) is 2.11. The maximum Gasteiger partial charge on any atom is 0.411 e. The van der Waals surface area contributed by atoms with Gasteiger partial charge in [-0.3, -0.25) is 0 Å². The highest BCUT2D eigenvalue weighted by Gasteiger charge is 2.27. The first-order valence-electron chi connectivity index (χ1n) is 4.90. The first-order chi connectivity index (χ1) is 7.94. The zero-order chi connectivity index (χ0) is 12.5. The summed E-state index contributed by atoms with van der Waals surface area (Å²) in [4.78, 5) is 10.9. The van der Waals surface area contributed by atoms with E-state index in [0.717, 1.165) is 5.56 Å². The zero-order valence-corrected chi connectivity index (χ0v) is 9.01. The first-order valence-corrected chi connectivity index (χ1v) is 4.90. The molecule has 0 spiro atoms. The van der Waals surface area contributed by atoms with Crippen molar-refractivity contribution in [2.75, 3.05) is 6.61 Å². The third-order valence-corrected chi connectivity index (χ3v) is 2.03. The molecule has 2 rings (SSSR count). The number of aromatic amines is 1. The number of halogens is 3. The van der Waals surface area contributed by atoms with Gasteiger partial charge in [-0.25, -0.2) is 9.97 Å². The Balaban J connectivity index is 2.05. The lowest BCUT2D eigenvalue weighted by Crippen LogP contribution is -2.16. The fraction of sp³-hybridized carbons (Fsp3) is 0.400. The van der Waals surface area contributed by atoms with Crippen molar-refractivity contribution >= 4 is 11.2 Å². The van der Waals surface area contributed by atoms with Crippen molar-refractivity contribution in [3.63, 3.8) is 0 Å². The van der Waals surface area contributed by atoms with Gasteiger partial charge in [-0.05, 0) is 18.6 Å². The number of H-pyrrole nitrogens is 1. The second kappa shape index (κ2) is 4.33. The van der Waals surface area contributed by atoms with Crippen LogP contribution in [-0.2, 0) is 11.3 Å². The number of ether oxygens (including phenoxy) is 1. The van der Waals surface area contributed by atoms with Crippen LogP contribution in [0.1, 0.15) is 11.4 Å². The molecule has 0 bridgehead atoms. The van der Waals surface area contributed by atoms with E-state index in [1.165, 1.54) is 0 Å². The van der Waals surface area contributed by atoms with Crippen LogP contribution < -0.4 is 0 Å². The van der Waals surface area contributed by atoms with Gasteiger partial charge in [0.25, 0.3) is 0 Å². The molecule has 0 aliphatic carbocycles. The smallest absolute Gasteiger partial charge is 0.364 e.